The number of hydrogen-bond acceptors (Lipinski definition) is 5. The summed E-state index contributed by atoms with van der Waals surface area (Å²) in [7, 11) is 0. The molecule has 0 spiro atoms. The fourth-order valence-corrected chi connectivity index (χ4v) is 4.42. The molecule has 1 aliphatic rings. The highest BCUT2D eigenvalue weighted by Gasteiger charge is 2.24. The smallest absolute Gasteiger partial charge is 0.273 e. The second-order valence-electron chi connectivity index (χ2n) is 9.01. The van der Waals surface area contributed by atoms with E-state index in [4.69, 9.17) is 5.73 Å². The third-order valence-electron chi connectivity index (χ3n) is 6.08. The first-order chi connectivity index (χ1) is 15.4. The molecule has 1 aliphatic carbocycles. The summed E-state index contributed by atoms with van der Waals surface area (Å²) in [5.41, 5.74) is 9.29. The minimum absolute atomic E-state index is 0.0132. The quantitative estimate of drug-likeness (QED) is 0.526. The van der Waals surface area contributed by atoms with Crippen molar-refractivity contribution in [3.05, 3.63) is 64.6 Å². The predicted molar refractivity (Wildman–Crippen MR) is 124 cm³/mol. The normalized spacial score (nSPS) is 18.6. The maximum absolute atomic E-state index is 13.1. The van der Waals surface area contributed by atoms with Gasteiger partial charge in [-0.15, -0.1) is 0 Å². The third-order valence-corrected chi connectivity index (χ3v) is 6.08. The molecule has 3 aromatic rings. The van der Waals surface area contributed by atoms with Crippen molar-refractivity contribution in [3.63, 3.8) is 0 Å². The molecular weight excluding hydrogens is 404 g/mol. The Morgan fingerprint density at radius 1 is 1.22 bits per heavy atom. The van der Waals surface area contributed by atoms with E-state index in [1.165, 1.54) is 0 Å². The molecule has 8 heteroatoms. The van der Waals surface area contributed by atoms with E-state index < -0.39 is 5.91 Å². The molecule has 0 radical (unpaired) electrons. The minimum atomic E-state index is -0.509. The molecule has 1 fully saturated rings. The summed E-state index contributed by atoms with van der Waals surface area (Å²) >= 11 is 0. The number of aromatic nitrogens is 4. The second kappa shape index (κ2) is 9.38. The fourth-order valence-electron chi connectivity index (χ4n) is 4.42. The van der Waals surface area contributed by atoms with Crippen LogP contribution < -0.4 is 16.6 Å². The van der Waals surface area contributed by atoms with Crippen LogP contribution in [0.4, 0.5) is 5.69 Å². The molecule has 3 aromatic heterocycles. The van der Waals surface area contributed by atoms with Gasteiger partial charge in [-0.25, -0.2) is 0 Å². The van der Waals surface area contributed by atoms with Crippen LogP contribution >= 0.6 is 0 Å². The Morgan fingerprint density at radius 2 is 2.00 bits per heavy atom. The van der Waals surface area contributed by atoms with Gasteiger partial charge in [0.05, 0.1) is 6.20 Å². The predicted octanol–water partition coefficient (Wildman–Crippen LogP) is 3.53. The fraction of sp³-hybridized carbons (Fsp3) is 0.417. The lowest BCUT2D eigenvalue weighted by Gasteiger charge is -2.30. The van der Waals surface area contributed by atoms with Crippen LogP contribution in [0.1, 0.15) is 61.5 Å². The minimum Gasteiger partial charge on any atom is -0.378 e. The van der Waals surface area contributed by atoms with Crippen molar-refractivity contribution in [2.45, 2.75) is 58.0 Å². The monoisotopic (exact) mass is 434 g/mol. The average molecular weight is 435 g/mol. The van der Waals surface area contributed by atoms with Gasteiger partial charge in [0.1, 0.15) is 11.4 Å². The largest absolute Gasteiger partial charge is 0.378 e. The Bertz CT molecular complexity index is 1110. The van der Waals surface area contributed by atoms with E-state index in [0.29, 0.717) is 29.8 Å². The van der Waals surface area contributed by atoms with Gasteiger partial charge in [0, 0.05) is 42.3 Å². The number of nitrogens with zero attached hydrogens (tertiary/aromatic N) is 3. The van der Waals surface area contributed by atoms with Crippen molar-refractivity contribution in [2.24, 2.45) is 11.7 Å². The summed E-state index contributed by atoms with van der Waals surface area (Å²) < 4.78 is 1.80. The zero-order valence-corrected chi connectivity index (χ0v) is 18.5. The average Bonchev–Trinajstić information content (AvgIpc) is 3.32. The molecule has 1 amide bonds. The van der Waals surface area contributed by atoms with Crippen molar-refractivity contribution in [2.75, 3.05) is 5.32 Å². The van der Waals surface area contributed by atoms with Crippen molar-refractivity contribution >= 4 is 11.6 Å². The van der Waals surface area contributed by atoms with Crippen LogP contribution in [0.5, 0.6) is 0 Å². The van der Waals surface area contributed by atoms with E-state index >= 15 is 0 Å². The standard InChI is InChI=1S/C24H30N6O2/c1-15(2)13-30-14-18(19-11-27-28-12-19)9-22(24(30)32)29-20-6-3-16(4-7-20)17-5-8-21(23(25)31)26-10-17/h5,8-12,14-16,20,29H,3-4,6-7,13H2,1-2H3,(H2,25,31)(H,27,28)/t16-,20+. The number of hydrogen-bond donors (Lipinski definition) is 3. The van der Waals surface area contributed by atoms with Crippen LogP contribution in [0.15, 0.2) is 47.8 Å². The van der Waals surface area contributed by atoms with Gasteiger partial charge >= 0.3 is 0 Å². The van der Waals surface area contributed by atoms with E-state index in [1.54, 1.807) is 23.0 Å². The summed E-state index contributed by atoms with van der Waals surface area (Å²) in [6, 6.07) is 5.82. The zero-order valence-electron chi connectivity index (χ0n) is 18.5. The Morgan fingerprint density at radius 3 is 2.59 bits per heavy atom. The lowest BCUT2D eigenvalue weighted by molar-refractivity contribution is 0.0995. The number of carbonyl (C=O) groups is 1. The van der Waals surface area contributed by atoms with Gasteiger partial charge in [-0.05, 0) is 55.2 Å². The highest BCUT2D eigenvalue weighted by molar-refractivity contribution is 5.90. The summed E-state index contributed by atoms with van der Waals surface area (Å²) in [5.74, 6) is 0.257. The molecule has 0 bridgehead atoms. The van der Waals surface area contributed by atoms with Crippen LogP contribution in [0, 0.1) is 5.92 Å². The van der Waals surface area contributed by atoms with Gasteiger partial charge in [0.15, 0.2) is 0 Å². The van der Waals surface area contributed by atoms with E-state index in [-0.39, 0.29) is 11.6 Å². The molecule has 3 heterocycles. The second-order valence-corrected chi connectivity index (χ2v) is 9.01. The molecular formula is C24H30N6O2. The topological polar surface area (TPSA) is 119 Å². The number of pyridine rings is 2. The van der Waals surface area contributed by atoms with Crippen molar-refractivity contribution in [3.8, 4) is 11.1 Å². The highest BCUT2D eigenvalue weighted by atomic mass is 16.1. The lowest BCUT2D eigenvalue weighted by Crippen LogP contribution is -2.31. The number of carbonyl (C=O) groups excluding carboxylic acids is 1. The van der Waals surface area contributed by atoms with Crippen molar-refractivity contribution < 1.29 is 4.79 Å². The molecule has 0 saturated heterocycles. The number of anilines is 1. The highest BCUT2D eigenvalue weighted by Crippen LogP contribution is 2.34. The first kappa shape index (κ1) is 21.8. The van der Waals surface area contributed by atoms with Crippen molar-refractivity contribution in [1.29, 1.82) is 0 Å². The number of nitrogens with two attached hydrogens (primary N) is 1. The molecule has 1 saturated carbocycles. The molecule has 0 aliphatic heterocycles. The maximum Gasteiger partial charge on any atom is 0.273 e. The lowest BCUT2D eigenvalue weighted by atomic mass is 9.82. The van der Waals surface area contributed by atoms with Gasteiger partial charge in [-0.2, -0.15) is 5.10 Å². The third kappa shape index (κ3) is 4.90. The van der Waals surface area contributed by atoms with E-state index in [2.05, 4.69) is 34.3 Å². The summed E-state index contributed by atoms with van der Waals surface area (Å²) in [6.07, 6.45) is 11.2. The Labute approximate surface area is 187 Å². The molecule has 0 atom stereocenters. The van der Waals surface area contributed by atoms with Crippen LogP contribution in [0.3, 0.4) is 0 Å². The van der Waals surface area contributed by atoms with E-state index in [1.807, 2.05) is 24.5 Å². The maximum atomic E-state index is 13.1. The number of H-pyrrole nitrogens is 1. The van der Waals surface area contributed by atoms with Gasteiger partial charge in [0.25, 0.3) is 11.5 Å². The first-order valence-corrected chi connectivity index (χ1v) is 11.2. The summed E-state index contributed by atoms with van der Waals surface area (Å²) in [4.78, 5) is 28.5. The Hall–Kier alpha value is -3.42. The summed E-state index contributed by atoms with van der Waals surface area (Å²) in [6.45, 7) is 4.88. The SMILES string of the molecule is CC(C)Cn1cc(-c2cn[nH]c2)cc(N[C@H]2CC[C@@H](c3ccc(C(N)=O)nc3)CC2)c1=O. The molecule has 8 nitrogen and oxygen atoms in total. The molecule has 0 unspecified atom stereocenters. The summed E-state index contributed by atoms with van der Waals surface area (Å²) in [5, 5.41) is 10.4. The number of aromatic amines is 1. The number of nitrogens with one attached hydrogen (secondary N) is 2. The van der Waals surface area contributed by atoms with Gasteiger partial charge in [-0.3, -0.25) is 19.7 Å². The van der Waals surface area contributed by atoms with Crippen LogP contribution in [-0.2, 0) is 6.54 Å². The Kier molecular flexibility index (Phi) is 6.39. The van der Waals surface area contributed by atoms with Crippen molar-refractivity contribution in [1.82, 2.24) is 19.7 Å². The number of primary amides is 1. The van der Waals surface area contributed by atoms with Gasteiger partial charge in [0.2, 0.25) is 0 Å². The molecule has 32 heavy (non-hydrogen) atoms. The zero-order chi connectivity index (χ0) is 22.7. The van der Waals surface area contributed by atoms with E-state index in [0.717, 1.165) is 42.4 Å². The molecule has 168 valence electrons. The van der Waals surface area contributed by atoms with Gasteiger partial charge < -0.3 is 15.6 Å². The number of amides is 1. The first-order valence-electron chi connectivity index (χ1n) is 11.2. The molecule has 4 rings (SSSR count). The van der Waals surface area contributed by atoms with Crippen LogP contribution in [-0.4, -0.2) is 31.7 Å². The number of rotatable bonds is 7. The Balaban J connectivity index is 1.48. The molecule has 0 aromatic carbocycles. The van der Waals surface area contributed by atoms with Gasteiger partial charge in [-0.1, -0.05) is 19.9 Å². The molecule has 4 N–H and O–H groups in total. The van der Waals surface area contributed by atoms with Crippen LogP contribution in [0.2, 0.25) is 0 Å². The van der Waals surface area contributed by atoms with Crippen LogP contribution in [0.25, 0.3) is 11.1 Å². The van der Waals surface area contributed by atoms with E-state index in [9.17, 15) is 9.59 Å².